The number of hydrogen-bond acceptors (Lipinski definition) is 5. The second-order valence-electron chi connectivity index (χ2n) is 6.12. The molecule has 0 saturated carbocycles. The quantitative estimate of drug-likeness (QED) is 0.830. The predicted molar refractivity (Wildman–Crippen MR) is 88.6 cm³/mol. The van der Waals surface area contributed by atoms with E-state index in [1.807, 2.05) is 0 Å². The molecule has 0 spiro atoms. The van der Waals surface area contributed by atoms with Gasteiger partial charge in [0, 0.05) is 34.4 Å². The van der Waals surface area contributed by atoms with Crippen LogP contribution in [0.2, 0.25) is 0 Å². The fraction of sp³-hybridized carbons (Fsp3) is 0.615. The lowest BCUT2D eigenvalue weighted by Gasteiger charge is -2.24. The smallest absolute Gasteiger partial charge is 0.410 e. The Morgan fingerprint density at radius 3 is 2.68 bits per heavy atom. The third-order valence-corrected chi connectivity index (χ3v) is 6.71. The van der Waals surface area contributed by atoms with Crippen molar-refractivity contribution < 1.29 is 17.9 Å². The summed E-state index contributed by atoms with van der Waals surface area (Å²) in [6.45, 7) is 6.20. The van der Waals surface area contributed by atoms with Crippen LogP contribution in [0.4, 0.5) is 4.79 Å². The molecule has 124 valence electrons. The Hall–Kier alpha value is -0.640. The van der Waals surface area contributed by atoms with Crippen molar-refractivity contribution in [3.63, 3.8) is 0 Å². The number of rotatable bonds is 3. The summed E-state index contributed by atoms with van der Waals surface area (Å²) in [6.07, 6.45) is 0.158. The summed E-state index contributed by atoms with van der Waals surface area (Å²) in [4.78, 5) is 13.7. The molecule has 22 heavy (non-hydrogen) atoms. The molecule has 1 amide bonds. The van der Waals surface area contributed by atoms with E-state index in [-0.39, 0.29) is 10.9 Å². The maximum Gasteiger partial charge on any atom is 0.410 e. The lowest BCUT2D eigenvalue weighted by molar-refractivity contribution is 0.0292. The average molecular weight is 411 g/mol. The second kappa shape index (κ2) is 6.46. The maximum absolute atomic E-state index is 12.3. The summed E-state index contributed by atoms with van der Waals surface area (Å²) in [5.74, 6) is 0. The number of carbonyl (C=O) groups excluding carboxylic acids is 1. The van der Waals surface area contributed by atoms with Crippen molar-refractivity contribution in [1.82, 2.24) is 9.62 Å². The highest BCUT2D eigenvalue weighted by Gasteiger charge is 2.32. The number of ether oxygens (including phenoxy) is 1. The summed E-state index contributed by atoms with van der Waals surface area (Å²) in [5.41, 5.74) is -0.559. The van der Waals surface area contributed by atoms with Gasteiger partial charge in [0.05, 0.1) is 0 Å². The molecule has 1 aliphatic rings. The van der Waals surface area contributed by atoms with E-state index in [4.69, 9.17) is 4.74 Å². The number of amides is 1. The lowest BCUT2D eigenvalue weighted by Crippen LogP contribution is -2.40. The van der Waals surface area contributed by atoms with Gasteiger partial charge in [-0.2, -0.15) is 0 Å². The first-order valence-corrected chi connectivity index (χ1v) is 10.0. The zero-order chi connectivity index (χ0) is 16.5. The monoisotopic (exact) mass is 410 g/mol. The Kier molecular flexibility index (Phi) is 5.20. The highest BCUT2D eigenvalue weighted by Crippen LogP contribution is 2.26. The largest absolute Gasteiger partial charge is 0.444 e. The summed E-state index contributed by atoms with van der Waals surface area (Å²) >= 11 is 4.54. The van der Waals surface area contributed by atoms with E-state index in [2.05, 4.69) is 20.7 Å². The number of halogens is 1. The van der Waals surface area contributed by atoms with E-state index < -0.39 is 21.7 Å². The van der Waals surface area contributed by atoms with Gasteiger partial charge in [0.25, 0.3) is 0 Å². The molecule has 1 fully saturated rings. The van der Waals surface area contributed by atoms with Crippen LogP contribution in [0, 0.1) is 0 Å². The van der Waals surface area contributed by atoms with Crippen LogP contribution in [-0.4, -0.2) is 44.1 Å². The minimum absolute atomic E-state index is 0.230. The van der Waals surface area contributed by atoms with E-state index in [0.717, 1.165) is 0 Å². The normalized spacial score (nSPS) is 19.5. The van der Waals surface area contributed by atoms with Crippen molar-refractivity contribution >= 4 is 43.4 Å². The number of likely N-dealkylation sites (tertiary alicyclic amines) is 1. The van der Waals surface area contributed by atoms with Crippen LogP contribution < -0.4 is 4.72 Å². The first-order chi connectivity index (χ1) is 10.1. The van der Waals surface area contributed by atoms with Crippen molar-refractivity contribution in [2.75, 3.05) is 13.1 Å². The zero-order valence-corrected chi connectivity index (χ0v) is 15.8. The fourth-order valence-electron chi connectivity index (χ4n) is 2.09. The van der Waals surface area contributed by atoms with Gasteiger partial charge in [0.15, 0.2) is 0 Å². The van der Waals surface area contributed by atoms with Gasteiger partial charge in [-0.1, -0.05) is 0 Å². The number of nitrogens with one attached hydrogen (secondary N) is 1. The molecule has 1 aromatic rings. The molecular weight excluding hydrogens is 392 g/mol. The first-order valence-electron chi connectivity index (χ1n) is 6.80. The molecule has 0 aliphatic carbocycles. The summed E-state index contributed by atoms with van der Waals surface area (Å²) in [5, 5.41) is 3.29. The predicted octanol–water partition coefficient (Wildman–Crippen LogP) is 2.80. The highest BCUT2D eigenvalue weighted by atomic mass is 79.9. The van der Waals surface area contributed by atoms with E-state index in [1.165, 1.54) is 16.2 Å². The van der Waals surface area contributed by atoms with Crippen molar-refractivity contribution in [2.24, 2.45) is 0 Å². The molecule has 2 heterocycles. The zero-order valence-electron chi connectivity index (χ0n) is 12.6. The fourth-order valence-corrected chi connectivity index (χ4v) is 5.71. The van der Waals surface area contributed by atoms with Crippen LogP contribution >= 0.6 is 27.3 Å². The third kappa shape index (κ3) is 4.43. The van der Waals surface area contributed by atoms with Gasteiger partial charge in [-0.25, -0.2) is 17.9 Å². The number of thiophene rings is 1. The van der Waals surface area contributed by atoms with Crippen molar-refractivity contribution in [3.8, 4) is 0 Å². The van der Waals surface area contributed by atoms with Crippen LogP contribution in [0.25, 0.3) is 0 Å². The molecule has 0 aromatic carbocycles. The highest BCUT2D eigenvalue weighted by molar-refractivity contribution is 9.10. The lowest BCUT2D eigenvalue weighted by atomic mass is 10.2. The minimum Gasteiger partial charge on any atom is -0.444 e. The van der Waals surface area contributed by atoms with Crippen LogP contribution in [0.5, 0.6) is 0 Å². The second-order valence-corrected chi connectivity index (χ2v) is 9.40. The van der Waals surface area contributed by atoms with Gasteiger partial charge in [-0.05, 0) is 43.1 Å². The number of carbonyl (C=O) groups is 1. The molecule has 0 bridgehead atoms. The molecule has 0 radical (unpaired) electrons. The third-order valence-electron chi connectivity index (χ3n) is 3.03. The Labute approximate surface area is 143 Å². The van der Waals surface area contributed by atoms with E-state index in [9.17, 15) is 13.2 Å². The standard InChI is InChI=1S/C13H19BrN2O4S2/c1-13(2,3)20-12(17)16-5-4-9(6-16)15-22(18,19)11-8-21-7-10(11)14/h7-9,15H,4-6H2,1-3H3/t9-/m1/s1. The van der Waals surface area contributed by atoms with E-state index >= 15 is 0 Å². The van der Waals surface area contributed by atoms with Crippen LogP contribution in [-0.2, 0) is 14.8 Å². The molecule has 9 heteroatoms. The molecule has 2 rings (SSSR count). The average Bonchev–Trinajstić information content (AvgIpc) is 2.95. The molecule has 1 aromatic heterocycles. The first kappa shape index (κ1) is 17.7. The van der Waals surface area contributed by atoms with Crippen LogP contribution in [0.1, 0.15) is 27.2 Å². The molecule has 1 atom stereocenters. The Bertz CT molecular complexity index is 651. The van der Waals surface area contributed by atoms with Crippen molar-refractivity contribution in [1.29, 1.82) is 0 Å². The van der Waals surface area contributed by atoms with Crippen molar-refractivity contribution in [3.05, 3.63) is 15.2 Å². The van der Waals surface area contributed by atoms with E-state index in [1.54, 1.807) is 31.5 Å². The molecule has 1 N–H and O–H groups in total. The Balaban J connectivity index is 1.97. The summed E-state index contributed by atoms with van der Waals surface area (Å²) in [6, 6.07) is -0.302. The molecule has 1 saturated heterocycles. The molecule has 0 unspecified atom stereocenters. The van der Waals surface area contributed by atoms with Crippen molar-refractivity contribution in [2.45, 2.75) is 43.7 Å². The van der Waals surface area contributed by atoms with Gasteiger partial charge in [0.2, 0.25) is 10.0 Å². The summed E-state index contributed by atoms with van der Waals surface area (Å²) in [7, 11) is -3.58. The molecule has 1 aliphatic heterocycles. The minimum atomic E-state index is -3.58. The maximum atomic E-state index is 12.3. The topological polar surface area (TPSA) is 75.7 Å². The molecular formula is C13H19BrN2O4S2. The van der Waals surface area contributed by atoms with Gasteiger partial charge in [-0.15, -0.1) is 11.3 Å². The van der Waals surface area contributed by atoms with Gasteiger partial charge >= 0.3 is 6.09 Å². The van der Waals surface area contributed by atoms with Gasteiger partial charge in [0.1, 0.15) is 10.5 Å². The number of hydrogen-bond donors (Lipinski definition) is 1. The van der Waals surface area contributed by atoms with E-state index in [0.29, 0.717) is 24.0 Å². The van der Waals surface area contributed by atoms with Crippen LogP contribution in [0.15, 0.2) is 20.1 Å². The van der Waals surface area contributed by atoms with Crippen LogP contribution in [0.3, 0.4) is 0 Å². The SMILES string of the molecule is CC(C)(C)OC(=O)N1CC[C@@H](NS(=O)(=O)c2cscc2Br)C1. The van der Waals surface area contributed by atoms with Gasteiger partial charge in [-0.3, -0.25) is 0 Å². The number of nitrogens with zero attached hydrogens (tertiary/aromatic N) is 1. The van der Waals surface area contributed by atoms with Gasteiger partial charge < -0.3 is 9.64 Å². The number of sulfonamides is 1. The summed E-state index contributed by atoms with van der Waals surface area (Å²) < 4.78 is 33.1. The Morgan fingerprint density at radius 1 is 1.45 bits per heavy atom. The molecule has 6 nitrogen and oxygen atoms in total. The Morgan fingerprint density at radius 2 is 2.14 bits per heavy atom.